The highest BCUT2D eigenvalue weighted by Gasteiger charge is 2.24. The number of hydrogen-bond acceptors (Lipinski definition) is 6. The molecule has 0 saturated carbocycles. The van der Waals surface area contributed by atoms with Crippen molar-refractivity contribution >= 4 is 11.8 Å². The van der Waals surface area contributed by atoms with Crippen LogP contribution < -0.4 is 4.90 Å². The molecule has 1 aliphatic rings. The fourth-order valence-electron chi connectivity index (χ4n) is 3.11. The Bertz CT molecular complexity index is 730. The molecular formula is C20H25N3O3. The summed E-state index contributed by atoms with van der Waals surface area (Å²) in [5, 5.41) is 0. The van der Waals surface area contributed by atoms with E-state index in [1.54, 1.807) is 0 Å². The van der Waals surface area contributed by atoms with Crippen LogP contribution in [0.4, 0.5) is 5.82 Å². The van der Waals surface area contributed by atoms with Crippen LogP contribution in [0.1, 0.15) is 29.9 Å². The minimum atomic E-state index is -0.407. The predicted octanol–water partition coefficient (Wildman–Crippen LogP) is 2.51. The number of nitrogens with zero attached hydrogens (tertiary/aromatic N) is 3. The number of carbonyl (C=O) groups excluding carboxylic acids is 1. The van der Waals surface area contributed by atoms with Crippen molar-refractivity contribution in [3.05, 3.63) is 53.5 Å². The lowest BCUT2D eigenvalue weighted by Crippen LogP contribution is -2.37. The Kier molecular flexibility index (Phi) is 6.17. The first-order valence-electron chi connectivity index (χ1n) is 9.06. The number of esters is 1. The van der Waals surface area contributed by atoms with Crippen LogP contribution in [0.15, 0.2) is 36.4 Å². The molecule has 0 spiro atoms. The van der Waals surface area contributed by atoms with E-state index in [4.69, 9.17) is 14.5 Å². The number of ether oxygens (including phenoxy) is 2. The smallest absolute Gasteiger partial charge is 0.313 e. The third-order valence-electron chi connectivity index (χ3n) is 4.38. The summed E-state index contributed by atoms with van der Waals surface area (Å²) in [5.41, 5.74) is 1.82. The van der Waals surface area contributed by atoms with Gasteiger partial charge in [-0.05, 0) is 19.4 Å². The number of aryl methyl sites for hydroxylation is 1. The Labute approximate surface area is 154 Å². The molecule has 138 valence electrons. The van der Waals surface area contributed by atoms with E-state index in [0.717, 1.165) is 30.2 Å². The van der Waals surface area contributed by atoms with E-state index in [-0.39, 0.29) is 5.97 Å². The molecule has 0 amide bonds. The maximum absolute atomic E-state index is 12.5. The van der Waals surface area contributed by atoms with Crippen LogP contribution in [0, 0.1) is 6.92 Å². The van der Waals surface area contributed by atoms with E-state index >= 15 is 0 Å². The fourth-order valence-corrected chi connectivity index (χ4v) is 3.11. The standard InChI is InChI=1S/C20H25N3O3/c1-3-26-20(24)17(16-7-5-4-6-8-16)14-18-21-15(2)13-19(22-18)23-9-11-25-12-10-23/h4-8,13,17H,3,9-12,14H2,1-2H3/t17-/m0/s1. The van der Waals surface area contributed by atoms with Crippen LogP contribution in [0.5, 0.6) is 0 Å². The number of aromatic nitrogens is 2. The molecule has 6 nitrogen and oxygen atoms in total. The maximum Gasteiger partial charge on any atom is 0.313 e. The van der Waals surface area contributed by atoms with E-state index < -0.39 is 5.92 Å². The van der Waals surface area contributed by atoms with Gasteiger partial charge in [-0.25, -0.2) is 9.97 Å². The van der Waals surface area contributed by atoms with Crippen LogP contribution >= 0.6 is 0 Å². The molecule has 1 aromatic heterocycles. The molecule has 6 heteroatoms. The van der Waals surface area contributed by atoms with Crippen molar-refractivity contribution in [2.24, 2.45) is 0 Å². The lowest BCUT2D eigenvalue weighted by Gasteiger charge is -2.28. The molecule has 1 atom stereocenters. The van der Waals surface area contributed by atoms with Crippen LogP contribution in [0.25, 0.3) is 0 Å². The van der Waals surface area contributed by atoms with E-state index in [2.05, 4.69) is 9.88 Å². The molecule has 1 aliphatic heterocycles. The molecular weight excluding hydrogens is 330 g/mol. The van der Waals surface area contributed by atoms with Gasteiger partial charge >= 0.3 is 5.97 Å². The first-order chi connectivity index (χ1) is 12.7. The molecule has 0 aliphatic carbocycles. The lowest BCUT2D eigenvalue weighted by molar-refractivity contribution is -0.145. The van der Waals surface area contributed by atoms with Gasteiger partial charge in [0.15, 0.2) is 0 Å². The lowest BCUT2D eigenvalue weighted by atomic mass is 9.95. The summed E-state index contributed by atoms with van der Waals surface area (Å²) < 4.78 is 10.7. The molecule has 0 bridgehead atoms. The summed E-state index contributed by atoms with van der Waals surface area (Å²) in [4.78, 5) is 24.0. The second kappa shape index (κ2) is 8.76. The van der Waals surface area contributed by atoms with Crippen LogP contribution in [0.2, 0.25) is 0 Å². The van der Waals surface area contributed by atoms with Gasteiger partial charge in [0.2, 0.25) is 0 Å². The summed E-state index contributed by atoms with van der Waals surface area (Å²) >= 11 is 0. The molecule has 26 heavy (non-hydrogen) atoms. The van der Waals surface area contributed by atoms with Crippen LogP contribution in [-0.4, -0.2) is 48.8 Å². The summed E-state index contributed by atoms with van der Waals surface area (Å²) in [5.74, 6) is 0.909. The van der Waals surface area contributed by atoms with Gasteiger partial charge in [-0.1, -0.05) is 30.3 Å². The molecule has 2 aromatic rings. The minimum Gasteiger partial charge on any atom is -0.466 e. The summed E-state index contributed by atoms with van der Waals surface area (Å²) in [7, 11) is 0. The first kappa shape index (κ1) is 18.3. The maximum atomic E-state index is 12.5. The number of rotatable bonds is 6. The average Bonchev–Trinajstić information content (AvgIpc) is 2.67. The number of carbonyl (C=O) groups is 1. The zero-order valence-corrected chi connectivity index (χ0v) is 15.4. The normalized spacial score (nSPS) is 15.5. The molecule has 0 radical (unpaired) electrons. The largest absolute Gasteiger partial charge is 0.466 e. The zero-order chi connectivity index (χ0) is 18.4. The second-order valence-electron chi connectivity index (χ2n) is 6.30. The summed E-state index contributed by atoms with van der Waals surface area (Å²) in [6.45, 7) is 7.17. The summed E-state index contributed by atoms with van der Waals surface area (Å²) in [6, 6.07) is 11.7. The van der Waals surface area contributed by atoms with E-state index in [1.165, 1.54) is 0 Å². The SMILES string of the molecule is CCOC(=O)[C@@H](Cc1nc(C)cc(N2CCOCC2)n1)c1ccccc1. The fraction of sp³-hybridized carbons (Fsp3) is 0.450. The van der Waals surface area contributed by atoms with E-state index in [9.17, 15) is 4.79 Å². The molecule has 1 saturated heterocycles. The number of hydrogen-bond donors (Lipinski definition) is 0. The van der Waals surface area contributed by atoms with Gasteiger partial charge in [0.25, 0.3) is 0 Å². The summed E-state index contributed by atoms with van der Waals surface area (Å²) in [6.07, 6.45) is 0.419. The van der Waals surface area contributed by atoms with Crippen molar-refractivity contribution in [2.45, 2.75) is 26.2 Å². The Morgan fingerprint density at radius 3 is 2.65 bits per heavy atom. The second-order valence-corrected chi connectivity index (χ2v) is 6.30. The van der Waals surface area contributed by atoms with Gasteiger partial charge in [-0.3, -0.25) is 4.79 Å². The van der Waals surface area contributed by atoms with Crippen molar-refractivity contribution in [1.82, 2.24) is 9.97 Å². The highest BCUT2D eigenvalue weighted by molar-refractivity contribution is 5.78. The van der Waals surface area contributed by atoms with E-state index in [1.807, 2.05) is 50.2 Å². The molecule has 0 N–H and O–H groups in total. The van der Waals surface area contributed by atoms with Crippen molar-refractivity contribution in [1.29, 1.82) is 0 Å². The van der Waals surface area contributed by atoms with Crippen molar-refractivity contribution in [3.8, 4) is 0 Å². The van der Waals surface area contributed by atoms with Crippen molar-refractivity contribution < 1.29 is 14.3 Å². The van der Waals surface area contributed by atoms with Gasteiger partial charge in [-0.15, -0.1) is 0 Å². The monoisotopic (exact) mass is 355 g/mol. The number of anilines is 1. The molecule has 1 fully saturated rings. The Hall–Kier alpha value is -2.47. The third-order valence-corrected chi connectivity index (χ3v) is 4.38. The number of benzene rings is 1. The highest BCUT2D eigenvalue weighted by Crippen LogP contribution is 2.23. The van der Waals surface area contributed by atoms with Gasteiger partial charge in [0.05, 0.1) is 25.7 Å². The van der Waals surface area contributed by atoms with Gasteiger partial charge in [-0.2, -0.15) is 0 Å². The first-order valence-corrected chi connectivity index (χ1v) is 9.06. The molecule has 0 unspecified atom stereocenters. The van der Waals surface area contributed by atoms with Gasteiger partial charge < -0.3 is 14.4 Å². The average molecular weight is 355 g/mol. The Morgan fingerprint density at radius 1 is 1.23 bits per heavy atom. The van der Waals surface area contributed by atoms with Crippen LogP contribution in [0.3, 0.4) is 0 Å². The predicted molar refractivity (Wildman–Crippen MR) is 99.3 cm³/mol. The molecule has 3 rings (SSSR count). The quantitative estimate of drug-likeness (QED) is 0.742. The Balaban J connectivity index is 1.86. The van der Waals surface area contributed by atoms with Crippen LogP contribution in [-0.2, 0) is 20.7 Å². The molecule has 2 heterocycles. The van der Waals surface area contributed by atoms with Gasteiger partial charge in [0, 0.05) is 31.3 Å². The third kappa shape index (κ3) is 4.58. The Morgan fingerprint density at radius 2 is 1.96 bits per heavy atom. The minimum absolute atomic E-state index is 0.239. The molecule has 1 aromatic carbocycles. The van der Waals surface area contributed by atoms with Gasteiger partial charge in [0.1, 0.15) is 11.6 Å². The zero-order valence-electron chi connectivity index (χ0n) is 15.4. The van der Waals surface area contributed by atoms with E-state index in [0.29, 0.717) is 32.1 Å². The van der Waals surface area contributed by atoms with Crippen molar-refractivity contribution in [2.75, 3.05) is 37.8 Å². The highest BCUT2D eigenvalue weighted by atomic mass is 16.5. The topological polar surface area (TPSA) is 64.5 Å². The van der Waals surface area contributed by atoms with Crippen molar-refractivity contribution in [3.63, 3.8) is 0 Å². The number of morpholine rings is 1.